The van der Waals surface area contributed by atoms with Gasteiger partial charge in [0.25, 0.3) is 0 Å². The van der Waals surface area contributed by atoms with E-state index in [1.54, 1.807) is 6.07 Å². The molecule has 0 aliphatic carbocycles. The monoisotopic (exact) mass is 267 g/mol. The Morgan fingerprint density at radius 1 is 1.42 bits per heavy atom. The van der Waals surface area contributed by atoms with Crippen molar-refractivity contribution in [2.45, 2.75) is 45.4 Å². The van der Waals surface area contributed by atoms with Crippen LogP contribution in [0, 0.1) is 5.82 Å². The lowest BCUT2D eigenvalue weighted by molar-refractivity contribution is 0.138. The van der Waals surface area contributed by atoms with Crippen LogP contribution in [-0.2, 0) is 11.3 Å². The molecule has 0 aromatic heterocycles. The van der Waals surface area contributed by atoms with Gasteiger partial charge in [0.2, 0.25) is 0 Å². The van der Waals surface area contributed by atoms with Crippen LogP contribution in [0.1, 0.15) is 32.8 Å². The molecule has 0 saturated carbocycles. The van der Waals surface area contributed by atoms with Gasteiger partial charge in [-0.05, 0) is 38.5 Å². The summed E-state index contributed by atoms with van der Waals surface area (Å²) in [6, 6.07) is 5.13. The number of benzene rings is 1. The average Bonchev–Trinajstić information content (AvgIpc) is 2.81. The molecule has 1 heterocycles. The SMILES string of the molecule is CC(C)(C)NCc1ccc(OC2CCOC2)c(F)c1. The van der Waals surface area contributed by atoms with E-state index in [9.17, 15) is 4.39 Å². The fourth-order valence-electron chi connectivity index (χ4n) is 1.90. The molecule has 106 valence electrons. The highest BCUT2D eigenvalue weighted by atomic mass is 19.1. The first-order valence-corrected chi connectivity index (χ1v) is 6.72. The minimum absolute atomic E-state index is 0.0203. The second kappa shape index (κ2) is 5.88. The summed E-state index contributed by atoms with van der Waals surface area (Å²) in [6.45, 7) is 8.14. The maximum absolute atomic E-state index is 13.9. The average molecular weight is 267 g/mol. The van der Waals surface area contributed by atoms with Crippen LogP contribution in [-0.4, -0.2) is 24.9 Å². The Morgan fingerprint density at radius 3 is 2.79 bits per heavy atom. The van der Waals surface area contributed by atoms with E-state index in [1.165, 1.54) is 6.07 Å². The number of ether oxygens (including phenoxy) is 2. The molecular formula is C15H22FNO2. The zero-order chi connectivity index (χ0) is 13.9. The van der Waals surface area contributed by atoms with Gasteiger partial charge in [0.1, 0.15) is 6.10 Å². The predicted molar refractivity (Wildman–Crippen MR) is 72.8 cm³/mol. The van der Waals surface area contributed by atoms with Gasteiger partial charge in [-0.15, -0.1) is 0 Å². The number of hydrogen-bond donors (Lipinski definition) is 1. The van der Waals surface area contributed by atoms with Gasteiger partial charge in [0.05, 0.1) is 13.2 Å². The molecule has 0 radical (unpaired) electrons. The van der Waals surface area contributed by atoms with Crippen molar-refractivity contribution in [3.8, 4) is 5.75 Å². The standard InChI is InChI=1S/C15H22FNO2/c1-15(2,3)17-9-11-4-5-14(13(16)8-11)19-12-6-7-18-10-12/h4-5,8,12,17H,6-7,9-10H2,1-3H3. The van der Waals surface area contributed by atoms with Crippen molar-refractivity contribution in [2.24, 2.45) is 0 Å². The van der Waals surface area contributed by atoms with Gasteiger partial charge in [-0.2, -0.15) is 0 Å². The molecular weight excluding hydrogens is 245 g/mol. The lowest BCUT2D eigenvalue weighted by atomic mass is 10.1. The minimum Gasteiger partial charge on any atom is -0.485 e. The van der Waals surface area contributed by atoms with E-state index in [1.807, 2.05) is 6.07 Å². The van der Waals surface area contributed by atoms with Crippen LogP contribution in [0.15, 0.2) is 18.2 Å². The topological polar surface area (TPSA) is 30.5 Å². The van der Waals surface area contributed by atoms with Crippen LogP contribution in [0.3, 0.4) is 0 Å². The minimum atomic E-state index is -0.305. The number of halogens is 1. The molecule has 4 heteroatoms. The molecule has 1 unspecified atom stereocenters. The van der Waals surface area contributed by atoms with E-state index in [-0.39, 0.29) is 17.5 Å². The van der Waals surface area contributed by atoms with E-state index < -0.39 is 0 Å². The van der Waals surface area contributed by atoms with E-state index in [4.69, 9.17) is 9.47 Å². The van der Waals surface area contributed by atoms with Crippen LogP contribution >= 0.6 is 0 Å². The fourth-order valence-corrected chi connectivity index (χ4v) is 1.90. The van der Waals surface area contributed by atoms with E-state index in [0.29, 0.717) is 25.5 Å². The Kier molecular flexibility index (Phi) is 4.42. The number of nitrogens with one attached hydrogen (secondary N) is 1. The van der Waals surface area contributed by atoms with Crippen molar-refractivity contribution >= 4 is 0 Å². The lowest BCUT2D eigenvalue weighted by Gasteiger charge is -2.21. The first kappa shape index (κ1) is 14.3. The highest BCUT2D eigenvalue weighted by Crippen LogP contribution is 2.22. The highest BCUT2D eigenvalue weighted by molar-refractivity contribution is 5.29. The van der Waals surface area contributed by atoms with Gasteiger partial charge < -0.3 is 14.8 Å². The molecule has 1 aromatic carbocycles. The molecule has 0 spiro atoms. The Hall–Kier alpha value is -1.13. The van der Waals surface area contributed by atoms with Crippen LogP contribution in [0.2, 0.25) is 0 Å². The van der Waals surface area contributed by atoms with Crippen LogP contribution in [0.25, 0.3) is 0 Å². The maximum Gasteiger partial charge on any atom is 0.165 e. The molecule has 1 aromatic rings. The quantitative estimate of drug-likeness (QED) is 0.910. The van der Waals surface area contributed by atoms with Gasteiger partial charge in [0.15, 0.2) is 11.6 Å². The smallest absolute Gasteiger partial charge is 0.165 e. The highest BCUT2D eigenvalue weighted by Gasteiger charge is 2.19. The third-order valence-electron chi connectivity index (χ3n) is 3.00. The van der Waals surface area contributed by atoms with Crippen molar-refractivity contribution in [2.75, 3.05) is 13.2 Å². The van der Waals surface area contributed by atoms with Gasteiger partial charge >= 0.3 is 0 Å². The Labute approximate surface area is 114 Å². The molecule has 1 saturated heterocycles. The molecule has 0 bridgehead atoms. The molecule has 0 amide bonds. The first-order chi connectivity index (χ1) is 8.94. The number of rotatable bonds is 4. The molecule has 3 nitrogen and oxygen atoms in total. The molecule has 1 atom stereocenters. The van der Waals surface area contributed by atoms with Crippen LogP contribution < -0.4 is 10.1 Å². The normalized spacial score (nSPS) is 19.7. The van der Waals surface area contributed by atoms with E-state index in [0.717, 1.165) is 12.0 Å². The third kappa shape index (κ3) is 4.48. The lowest BCUT2D eigenvalue weighted by Crippen LogP contribution is -2.35. The molecule has 1 aliphatic heterocycles. The largest absolute Gasteiger partial charge is 0.485 e. The van der Waals surface area contributed by atoms with Crippen molar-refractivity contribution < 1.29 is 13.9 Å². The zero-order valence-corrected chi connectivity index (χ0v) is 11.8. The second-order valence-corrected chi connectivity index (χ2v) is 5.97. The van der Waals surface area contributed by atoms with Crippen LogP contribution in [0.4, 0.5) is 4.39 Å². The Balaban J connectivity index is 1.96. The summed E-state index contributed by atoms with van der Waals surface area (Å²) in [7, 11) is 0. The predicted octanol–water partition coefficient (Wildman–Crippen LogP) is 2.88. The van der Waals surface area contributed by atoms with Crippen molar-refractivity contribution in [1.82, 2.24) is 5.32 Å². The van der Waals surface area contributed by atoms with Gasteiger partial charge in [-0.25, -0.2) is 4.39 Å². The molecule has 19 heavy (non-hydrogen) atoms. The molecule has 1 fully saturated rings. The van der Waals surface area contributed by atoms with Gasteiger partial charge in [-0.1, -0.05) is 6.07 Å². The third-order valence-corrected chi connectivity index (χ3v) is 3.00. The Bertz CT molecular complexity index is 423. The summed E-state index contributed by atoms with van der Waals surface area (Å²) < 4.78 is 24.7. The summed E-state index contributed by atoms with van der Waals surface area (Å²) in [5.74, 6) is 0.00937. The molecule has 1 N–H and O–H groups in total. The summed E-state index contributed by atoms with van der Waals surface area (Å²) in [4.78, 5) is 0. The molecule has 2 rings (SSSR count). The van der Waals surface area contributed by atoms with Gasteiger partial charge in [-0.3, -0.25) is 0 Å². The number of hydrogen-bond acceptors (Lipinski definition) is 3. The fraction of sp³-hybridized carbons (Fsp3) is 0.600. The van der Waals surface area contributed by atoms with Crippen molar-refractivity contribution in [3.63, 3.8) is 0 Å². The zero-order valence-electron chi connectivity index (χ0n) is 11.8. The van der Waals surface area contributed by atoms with Gasteiger partial charge in [0, 0.05) is 18.5 Å². The van der Waals surface area contributed by atoms with E-state index >= 15 is 0 Å². The summed E-state index contributed by atoms with van der Waals surface area (Å²) in [5.41, 5.74) is 0.940. The first-order valence-electron chi connectivity index (χ1n) is 6.72. The van der Waals surface area contributed by atoms with Crippen molar-refractivity contribution in [1.29, 1.82) is 0 Å². The van der Waals surface area contributed by atoms with E-state index in [2.05, 4.69) is 26.1 Å². The maximum atomic E-state index is 13.9. The van der Waals surface area contributed by atoms with Crippen molar-refractivity contribution in [3.05, 3.63) is 29.6 Å². The summed E-state index contributed by atoms with van der Waals surface area (Å²) in [5, 5.41) is 3.33. The van der Waals surface area contributed by atoms with Crippen LogP contribution in [0.5, 0.6) is 5.75 Å². The summed E-state index contributed by atoms with van der Waals surface area (Å²) in [6.07, 6.45) is 0.806. The Morgan fingerprint density at radius 2 is 2.21 bits per heavy atom. The summed E-state index contributed by atoms with van der Waals surface area (Å²) >= 11 is 0. The second-order valence-electron chi connectivity index (χ2n) is 5.97. The molecule has 1 aliphatic rings.